The van der Waals surface area contributed by atoms with Gasteiger partial charge in [0.1, 0.15) is 5.69 Å². The van der Waals surface area contributed by atoms with Gasteiger partial charge in [0.05, 0.1) is 5.92 Å². The highest BCUT2D eigenvalue weighted by Gasteiger charge is 2.30. The molecule has 31 heavy (non-hydrogen) atoms. The molecule has 9 heteroatoms. The van der Waals surface area contributed by atoms with Crippen LogP contribution in [0.2, 0.25) is 0 Å². The van der Waals surface area contributed by atoms with Gasteiger partial charge in [0, 0.05) is 44.5 Å². The summed E-state index contributed by atoms with van der Waals surface area (Å²) in [6.07, 6.45) is 1.91. The van der Waals surface area contributed by atoms with Gasteiger partial charge in [-0.15, -0.1) is 0 Å². The standard InChI is InChI=1S/C22H24F2N4O3/c1-14-15(16-7-8-19(29)25-20(16)30)4-2-5-17(14)26-10-12-27(13-11-26)18-6-3-9-28(21(18)31)22(23)24/h2-6,9,16,22H,7-8,10-13H2,1H3,(H,25,29,30). The van der Waals surface area contributed by atoms with Gasteiger partial charge in [0.2, 0.25) is 11.8 Å². The molecule has 7 nitrogen and oxygen atoms in total. The van der Waals surface area contributed by atoms with Crippen molar-refractivity contribution in [3.05, 3.63) is 58.0 Å². The average molecular weight is 430 g/mol. The number of piperidine rings is 1. The number of aromatic nitrogens is 1. The average Bonchev–Trinajstić information content (AvgIpc) is 2.75. The molecule has 2 amide bonds. The van der Waals surface area contributed by atoms with Crippen molar-refractivity contribution in [2.45, 2.75) is 32.2 Å². The van der Waals surface area contributed by atoms with Gasteiger partial charge in [-0.05, 0) is 42.7 Å². The number of hydrogen-bond donors (Lipinski definition) is 1. The summed E-state index contributed by atoms with van der Waals surface area (Å²) >= 11 is 0. The molecule has 2 aromatic rings. The van der Waals surface area contributed by atoms with Crippen LogP contribution in [0.5, 0.6) is 0 Å². The number of nitrogens with zero attached hydrogens (tertiary/aromatic N) is 3. The quantitative estimate of drug-likeness (QED) is 0.754. The van der Waals surface area contributed by atoms with Gasteiger partial charge in [-0.25, -0.2) is 0 Å². The SMILES string of the molecule is Cc1c(C2CCC(=O)NC2=O)cccc1N1CCN(c2cccn(C(F)F)c2=O)CC1. The molecule has 0 bridgehead atoms. The molecule has 2 saturated heterocycles. The van der Waals surface area contributed by atoms with Crippen molar-refractivity contribution in [2.24, 2.45) is 0 Å². The molecule has 164 valence electrons. The third kappa shape index (κ3) is 4.04. The smallest absolute Gasteiger partial charge is 0.321 e. The molecule has 1 unspecified atom stereocenters. The first kappa shape index (κ1) is 21.0. The van der Waals surface area contributed by atoms with Gasteiger partial charge in [0.15, 0.2) is 0 Å². The largest absolute Gasteiger partial charge is 0.368 e. The lowest BCUT2D eigenvalue weighted by molar-refractivity contribution is -0.134. The topological polar surface area (TPSA) is 74.7 Å². The minimum atomic E-state index is -2.87. The number of carbonyl (C=O) groups excluding carboxylic acids is 2. The first-order valence-corrected chi connectivity index (χ1v) is 10.3. The van der Waals surface area contributed by atoms with E-state index < -0.39 is 12.1 Å². The molecular formula is C22H24F2N4O3. The second kappa shape index (κ2) is 8.49. The Bertz CT molecular complexity index is 1060. The Morgan fingerprint density at radius 1 is 0.968 bits per heavy atom. The molecule has 3 heterocycles. The van der Waals surface area contributed by atoms with E-state index in [9.17, 15) is 23.2 Å². The van der Waals surface area contributed by atoms with E-state index in [1.54, 1.807) is 6.07 Å². The maximum absolute atomic E-state index is 13.0. The maximum atomic E-state index is 13.0. The summed E-state index contributed by atoms with van der Waals surface area (Å²) in [5, 5.41) is 2.41. The summed E-state index contributed by atoms with van der Waals surface area (Å²) in [5.74, 6) is -0.852. The number of hydrogen-bond acceptors (Lipinski definition) is 5. The van der Waals surface area contributed by atoms with E-state index in [1.165, 1.54) is 6.07 Å². The predicted molar refractivity (Wildman–Crippen MR) is 113 cm³/mol. The van der Waals surface area contributed by atoms with Crippen molar-refractivity contribution in [1.29, 1.82) is 0 Å². The van der Waals surface area contributed by atoms with Crippen LogP contribution >= 0.6 is 0 Å². The highest BCUT2D eigenvalue weighted by Crippen LogP contribution is 2.33. The minimum Gasteiger partial charge on any atom is -0.368 e. The lowest BCUT2D eigenvalue weighted by Crippen LogP contribution is -2.48. The van der Waals surface area contributed by atoms with E-state index >= 15 is 0 Å². The molecule has 2 aliphatic heterocycles. The normalized spacial score (nSPS) is 19.7. The highest BCUT2D eigenvalue weighted by molar-refractivity contribution is 6.01. The number of imide groups is 1. The summed E-state index contributed by atoms with van der Waals surface area (Å²) in [4.78, 5) is 40.1. The number of alkyl halides is 2. The Hall–Kier alpha value is -3.23. The van der Waals surface area contributed by atoms with Gasteiger partial charge in [-0.1, -0.05) is 12.1 Å². The third-order valence-corrected chi connectivity index (χ3v) is 6.09. The molecular weight excluding hydrogens is 406 g/mol. The Labute approximate surface area is 178 Å². The molecule has 1 aromatic heterocycles. The Balaban J connectivity index is 1.51. The molecule has 1 N–H and O–H groups in total. The lowest BCUT2D eigenvalue weighted by atomic mass is 9.87. The molecule has 1 atom stereocenters. The number of carbonyl (C=O) groups is 2. The first-order chi connectivity index (χ1) is 14.9. The van der Waals surface area contributed by atoms with Crippen LogP contribution in [0.4, 0.5) is 20.2 Å². The molecule has 0 radical (unpaired) electrons. The first-order valence-electron chi connectivity index (χ1n) is 10.3. The summed E-state index contributed by atoms with van der Waals surface area (Å²) in [7, 11) is 0. The highest BCUT2D eigenvalue weighted by atomic mass is 19.3. The zero-order valence-electron chi connectivity index (χ0n) is 17.2. The fraction of sp³-hybridized carbons (Fsp3) is 0.409. The van der Waals surface area contributed by atoms with Gasteiger partial charge < -0.3 is 9.80 Å². The lowest BCUT2D eigenvalue weighted by Gasteiger charge is -2.38. The number of halogens is 2. The van der Waals surface area contributed by atoms with E-state index in [1.807, 2.05) is 30.0 Å². The second-order valence-electron chi connectivity index (χ2n) is 7.85. The Morgan fingerprint density at radius 3 is 2.26 bits per heavy atom. The zero-order valence-corrected chi connectivity index (χ0v) is 17.2. The van der Waals surface area contributed by atoms with Crippen molar-refractivity contribution in [1.82, 2.24) is 9.88 Å². The molecule has 2 fully saturated rings. The maximum Gasteiger partial charge on any atom is 0.321 e. The number of amides is 2. The van der Waals surface area contributed by atoms with Crippen LogP contribution in [0.1, 0.15) is 36.4 Å². The summed E-state index contributed by atoms with van der Waals surface area (Å²) < 4.78 is 26.5. The molecule has 4 rings (SSSR count). The number of anilines is 2. The van der Waals surface area contributed by atoms with Crippen molar-refractivity contribution in [3.8, 4) is 0 Å². The van der Waals surface area contributed by atoms with Crippen molar-refractivity contribution in [2.75, 3.05) is 36.0 Å². The Kier molecular flexibility index (Phi) is 5.75. The van der Waals surface area contributed by atoms with Crippen LogP contribution in [-0.4, -0.2) is 42.6 Å². The number of piperazine rings is 1. The predicted octanol–water partition coefficient (Wildman–Crippen LogP) is 2.40. The third-order valence-electron chi connectivity index (χ3n) is 6.09. The summed E-state index contributed by atoms with van der Waals surface area (Å²) in [6, 6.07) is 8.86. The van der Waals surface area contributed by atoms with E-state index in [2.05, 4.69) is 10.2 Å². The van der Waals surface area contributed by atoms with Crippen LogP contribution in [0.15, 0.2) is 41.3 Å². The van der Waals surface area contributed by atoms with Crippen LogP contribution in [-0.2, 0) is 9.59 Å². The number of benzene rings is 1. The zero-order chi connectivity index (χ0) is 22.1. The van der Waals surface area contributed by atoms with Gasteiger partial charge in [0.25, 0.3) is 5.56 Å². The van der Waals surface area contributed by atoms with Crippen LogP contribution in [0, 0.1) is 6.92 Å². The number of rotatable bonds is 4. The van der Waals surface area contributed by atoms with Gasteiger partial charge in [-0.2, -0.15) is 8.78 Å². The molecule has 2 aliphatic rings. The summed E-state index contributed by atoms with van der Waals surface area (Å²) in [6.45, 7) is 1.37. The fourth-order valence-corrected chi connectivity index (χ4v) is 4.43. The number of pyridine rings is 1. The van der Waals surface area contributed by atoms with Gasteiger partial charge >= 0.3 is 6.55 Å². The van der Waals surface area contributed by atoms with E-state index in [0.29, 0.717) is 43.6 Å². The van der Waals surface area contributed by atoms with E-state index in [4.69, 9.17) is 0 Å². The van der Waals surface area contributed by atoms with E-state index in [0.717, 1.165) is 23.0 Å². The van der Waals surface area contributed by atoms with Crippen molar-refractivity contribution >= 4 is 23.2 Å². The van der Waals surface area contributed by atoms with Crippen molar-refractivity contribution in [3.63, 3.8) is 0 Å². The molecule has 0 saturated carbocycles. The molecule has 0 spiro atoms. The molecule has 0 aliphatic carbocycles. The monoisotopic (exact) mass is 430 g/mol. The van der Waals surface area contributed by atoms with Crippen LogP contribution < -0.4 is 20.7 Å². The van der Waals surface area contributed by atoms with Gasteiger partial charge in [-0.3, -0.25) is 24.3 Å². The molecule has 1 aromatic carbocycles. The fourth-order valence-electron chi connectivity index (χ4n) is 4.43. The summed E-state index contributed by atoms with van der Waals surface area (Å²) in [5.41, 5.74) is 2.48. The Morgan fingerprint density at radius 2 is 1.61 bits per heavy atom. The minimum absolute atomic E-state index is 0.238. The second-order valence-corrected chi connectivity index (χ2v) is 7.85. The van der Waals surface area contributed by atoms with Crippen LogP contribution in [0.3, 0.4) is 0 Å². The number of nitrogens with one attached hydrogen (secondary N) is 1. The van der Waals surface area contributed by atoms with E-state index in [-0.39, 0.29) is 23.4 Å². The van der Waals surface area contributed by atoms with Crippen LogP contribution in [0.25, 0.3) is 0 Å². The van der Waals surface area contributed by atoms with Crippen molar-refractivity contribution < 1.29 is 18.4 Å².